The fourth-order valence-electron chi connectivity index (χ4n) is 1.47. The highest BCUT2D eigenvalue weighted by Gasteiger charge is 2.12. The van der Waals surface area contributed by atoms with Crippen molar-refractivity contribution in [2.45, 2.75) is 18.8 Å². The molecular formula is C10H10Cl2N2S. The summed E-state index contributed by atoms with van der Waals surface area (Å²) in [5.41, 5.74) is 1.02. The van der Waals surface area contributed by atoms with E-state index in [1.165, 1.54) is 4.88 Å². The van der Waals surface area contributed by atoms with E-state index >= 15 is 0 Å². The van der Waals surface area contributed by atoms with E-state index in [4.69, 9.17) is 23.2 Å². The van der Waals surface area contributed by atoms with Crippen molar-refractivity contribution in [1.29, 1.82) is 0 Å². The van der Waals surface area contributed by atoms with Crippen molar-refractivity contribution in [2.75, 3.05) is 0 Å². The first-order chi connectivity index (χ1) is 7.22. The second-order valence-electron chi connectivity index (χ2n) is 3.24. The number of imidazole rings is 1. The zero-order valence-corrected chi connectivity index (χ0v) is 10.5. The lowest BCUT2D eigenvalue weighted by atomic mass is 10.2. The molecule has 0 aliphatic rings. The summed E-state index contributed by atoms with van der Waals surface area (Å²) in [6.45, 7) is 2.11. The molecule has 2 rings (SSSR count). The van der Waals surface area contributed by atoms with Crippen LogP contribution in [-0.4, -0.2) is 9.55 Å². The molecule has 2 aromatic heterocycles. The Morgan fingerprint density at radius 2 is 2.33 bits per heavy atom. The Hall–Kier alpha value is -0.510. The summed E-state index contributed by atoms with van der Waals surface area (Å²) < 4.78 is 2.87. The molecule has 0 saturated carbocycles. The summed E-state index contributed by atoms with van der Waals surface area (Å²) in [5, 5.41) is 0. The van der Waals surface area contributed by atoms with Crippen LogP contribution in [0.2, 0.25) is 4.34 Å². The first kappa shape index (κ1) is 11.0. The van der Waals surface area contributed by atoms with Crippen molar-refractivity contribution in [3.8, 4) is 0 Å². The molecule has 0 spiro atoms. The van der Waals surface area contributed by atoms with Crippen LogP contribution in [0.4, 0.5) is 0 Å². The van der Waals surface area contributed by atoms with Crippen LogP contribution in [0.3, 0.4) is 0 Å². The topological polar surface area (TPSA) is 17.8 Å². The lowest BCUT2D eigenvalue weighted by Gasteiger charge is -2.13. The molecule has 1 atom stereocenters. The van der Waals surface area contributed by atoms with Crippen LogP contribution in [-0.2, 0) is 5.88 Å². The van der Waals surface area contributed by atoms with Crippen molar-refractivity contribution in [1.82, 2.24) is 9.55 Å². The number of aromatic nitrogens is 2. The minimum absolute atomic E-state index is 0.235. The van der Waals surface area contributed by atoms with E-state index in [2.05, 4.69) is 16.5 Å². The van der Waals surface area contributed by atoms with Gasteiger partial charge >= 0.3 is 0 Å². The average molecular weight is 261 g/mol. The van der Waals surface area contributed by atoms with Crippen LogP contribution in [0.5, 0.6) is 0 Å². The summed E-state index contributed by atoms with van der Waals surface area (Å²) in [7, 11) is 0. The summed E-state index contributed by atoms with van der Waals surface area (Å²) in [6.07, 6.45) is 3.59. The Morgan fingerprint density at radius 1 is 1.53 bits per heavy atom. The molecule has 0 radical (unpaired) electrons. The Kier molecular flexibility index (Phi) is 3.34. The standard InChI is InChI=1S/C10H10Cl2N2S/c1-7(9-2-3-10(12)15-9)14-6-13-5-8(14)4-11/h2-3,5-7H,4H2,1H3. The molecule has 0 saturated heterocycles. The van der Waals surface area contributed by atoms with Gasteiger partial charge in [0.15, 0.2) is 0 Å². The molecule has 2 aromatic rings. The fourth-order valence-corrected chi connectivity index (χ4v) is 2.79. The normalized spacial score (nSPS) is 13.0. The molecule has 0 amide bonds. The van der Waals surface area contributed by atoms with Gasteiger partial charge in [0.05, 0.1) is 28.3 Å². The van der Waals surface area contributed by atoms with Crippen LogP contribution in [0.1, 0.15) is 23.5 Å². The van der Waals surface area contributed by atoms with E-state index in [-0.39, 0.29) is 6.04 Å². The molecule has 0 aliphatic carbocycles. The molecule has 2 nitrogen and oxygen atoms in total. The average Bonchev–Trinajstić information content (AvgIpc) is 2.84. The van der Waals surface area contributed by atoms with Gasteiger partial charge in [-0.15, -0.1) is 22.9 Å². The second-order valence-corrected chi connectivity index (χ2v) is 5.26. The maximum atomic E-state index is 5.91. The minimum Gasteiger partial charge on any atom is -0.325 e. The molecule has 1 unspecified atom stereocenters. The van der Waals surface area contributed by atoms with E-state index < -0.39 is 0 Å². The van der Waals surface area contributed by atoms with Crippen LogP contribution >= 0.6 is 34.5 Å². The van der Waals surface area contributed by atoms with Gasteiger partial charge in [0.2, 0.25) is 0 Å². The van der Waals surface area contributed by atoms with Gasteiger partial charge in [-0.2, -0.15) is 0 Å². The quantitative estimate of drug-likeness (QED) is 0.765. The summed E-state index contributed by atoms with van der Waals surface area (Å²) in [4.78, 5) is 5.31. The van der Waals surface area contributed by atoms with Gasteiger partial charge in [-0.1, -0.05) is 11.6 Å². The Balaban J connectivity index is 2.31. The van der Waals surface area contributed by atoms with Crippen molar-refractivity contribution in [2.24, 2.45) is 0 Å². The zero-order valence-electron chi connectivity index (χ0n) is 8.15. The maximum absolute atomic E-state index is 5.91. The van der Waals surface area contributed by atoms with E-state index in [9.17, 15) is 0 Å². The number of hydrogen-bond acceptors (Lipinski definition) is 2. The van der Waals surface area contributed by atoms with Crippen molar-refractivity contribution < 1.29 is 0 Å². The lowest BCUT2D eigenvalue weighted by Crippen LogP contribution is -2.06. The van der Waals surface area contributed by atoms with Crippen LogP contribution in [0.25, 0.3) is 0 Å². The third-order valence-electron chi connectivity index (χ3n) is 2.31. The maximum Gasteiger partial charge on any atom is 0.0954 e. The van der Waals surface area contributed by atoms with E-state index in [1.54, 1.807) is 23.9 Å². The SMILES string of the molecule is CC(c1ccc(Cl)s1)n1cncc1CCl. The van der Waals surface area contributed by atoms with Gasteiger partial charge in [-0.3, -0.25) is 0 Å². The molecule has 0 aliphatic heterocycles. The first-order valence-corrected chi connectivity index (χ1v) is 6.27. The van der Waals surface area contributed by atoms with Gasteiger partial charge in [0.1, 0.15) is 0 Å². The highest BCUT2D eigenvalue weighted by atomic mass is 35.5. The minimum atomic E-state index is 0.235. The molecule has 0 fully saturated rings. The molecule has 15 heavy (non-hydrogen) atoms. The number of hydrogen-bond donors (Lipinski definition) is 0. The molecule has 2 heterocycles. The van der Waals surface area contributed by atoms with Crippen LogP contribution in [0.15, 0.2) is 24.7 Å². The fraction of sp³-hybridized carbons (Fsp3) is 0.300. The molecule has 0 aromatic carbocycles. The van der Waals surface area contributed by atoms with E-state index in [1.807, 2.05) is 12.1 Å². The highest BCUT2D eigenvalue weighted by molar-refractivity contribution is 7.16. The zero-order chi connectivity index (χ0) is 10.8. The summed E-state index contributed by atoms with van der Waals surface area (Å²) in [6, 6.07) is 4.18. The van der Waals surface area contributed by atoms with Gasteiger partial charge in [0, 0.05) is 11.1 Å². The Labute approximate surface area is 102 Å². The number of rotatable bonds is 3. The van der Waals surface area contributed by atoms with Crippen molar-refractivity contribution >= 4 is 34.5 Å². The lowest BCUT2D eigenvalue weighted by molar-refractivity contribution is 0.630. The third-order valence-corrected chi connectivity index (χ3v) is 3.98. The van der Waals surface area contributed by atoms with Crippen LogP contribution < -0.4 is 0 Å². The third kappa shape index (κ3) is 2.19. The molecule has 0 bridgehead atoms. The smallest absolute Gasteiger partial charge is 0.0954 e. The Morgan fingerprint density at radius 3 is 2.93 bits per heavy atom. The molecular weight excluding hydrogens is 251 g/mol. The first-order valence-electron chi connectivity index (χ1n) is 4.54. The van der Waals surface area contributed by atoms with Gasteiger partial charge < -0.3 is 4.57 Å². The van der Waals surface area contributed by atoms with Crippen LogP contribution in [0, 0.1) is 0 Å². The second kappa shape index (κ2) is 4.56. The van der Waals surface area contributed by atoms with Gasteiger partial charge in [0.25, 0.3) is 0 Å². The molecule has 80 valence electrons. The predicted molar refractivity (Wildman–Crippen MR) is 64.9 cm³/mol. The van der Waals surface area contributed by atoms with Gasteiger partial charge in [-0.05, 0) is 19.1 Å². The number of alkyl halides is 1. The largest absolute Gasteiger partial charge is 0.325 e. The number of nitrogens with zero attached hydrogens (tertiary/aromatic N) is 2. The molecule has 5 heteroatoms. The summed E-state index contributed by atoms with van der Waals surface area (Å²) in [5.74, 6) is 0.476. The predicted octanol–water partition coefficient (Wildman–Crippen LogP) is 3.95. The van der Waals surface area contributed by atoms with E-state index in [0.717, 1.165) is 10.0 Å². The summed E-state index contributed by atoms with van der Waals surface area (Å²) >= 11 is 13.3. The Bertz CT molecular complexity index is 450. The number of thiophene rings is 1. The number of halogens is 2. The monoisotopic (exact) mass is 260 g/mol. The van der Waals surface area contributed by atoms with Crippen molar-refractivity contribution in [3.63, 3.8) is 0 Å². The van der Waals surface area contributed by atoms with Gasteiger partial charge in [-0.25, -0.2) is 4.98 Å². The highest BCUT2D eigenvalue weighted by Crippen LogP contribution is 2.29. The van der Waals surface area contributed by atoms with Crippen molar-refractivity contribution in [3.05, 3.63) is 39.6 Å². The molecule has 0 N–H and O–H groups in total. The van der Waals surface area contributed by atoms with E-state index in [0.29, 0.717) is 5.88 Å².